The molecule has 1 saturated carbocycles. The van der Waals surface area contributed by atoms with Crippen LogP contribution in [0.3, 0.4) is 0 Å². The number of nitrogens with zero attached hydrogens (tertiary/aromatic N) is 2. The topological polar surface area (TPSA) is 23.4 Å². The van der Waals surface area contributed by atoms with E-state index in [1.54, 1.807) is 0 Å². The number of hydrogen-bond acceptors (Lipinski definition) is 1. The Labute approximate surface area is 126 Å². The first-order valence-corrected chi connectivity index (χ1v) is 7.90. The van der Waals surface area contributed by atoms with E-state index < -0.39 is 0 Å². The normalized spacial score (nSPS) is 20.9. The number of hydrogen-bond donors (Lipinski definition) is 1. The van der Waals surface area contributed by atoms with Gasteiger partial charge in [0.2, 0.25) is 0 Å². The minimum atomic E-state index is 0.701. The van der Waals surface area contributed by atoms with E-state index in [-0.39, 0.29) is 0 Å². The molecule has 1 aliphatic carbocycles. The fourth-order valence-electron chi connectivity index (χ4n) is 3.24. The SMILES string of the molecule is [C-]#[N+]c1ccc2[nH]cc(C3CC3CCCN(C)CC)c2c1. The highest BCUT2D eigenvalue weighted by molar-refractivity contribution is 5.87. The van der Waals surface area contributed by atoms with Crippen molar-refractivity contribution in [1.29, 1.82) is 0 Å². The Hall–Kier alpha value is -1.79. The van der Waals surface area contributed by atoms with Gasteiger partial charge in [0.15, 0.2) is 5.69 Å². The van der Waals surface area contributed by atoms with Crippen LogP contribution in [-0.4, -0.2) is 30.0 Å². The second-order valence-electron chi connectivity index (χ2n) is 6.23. The maximum Gasteiger partial charge on any atom is 0.187 e. The van der Waals surface area contributed by atoms with Gasteiger partial charge in [-0.15, -0.1) is 0 Å². The van der Waals surface area contributed by atoms with Gasteiger partial charge in [-0.1, -0.05) is 13.0 Å². The van der Waals surface area contributed by atoms with Crippen LogP contribution in [0.1, 0.15) is 37.7 Å². The lowest BCUT2D eigenvalue weighted by molar-refractivity contribution is 0.339. The molecule has 0 radical (unpaired) electrons. The highest BCUT2D eigenvalue weighted by Crippen LogP contribution is 2.52. The van der Waals surface area contributed by atoms with Crippen molar-refractivity contribution in [2.24, 2.45) is 5.92 Å². The van der Waals surface area contributed by atoms with Crippen molar-refractivity contribution in [2.75, 3.05) is 20.1 Å². The van der Waals surface area contributed by atoms with Gasteiger partial charge in [0.05, 0.1) is 6.57 Å². The lowest BCUT2D eigenvalue weighted by Crippen LogP contribution is -2.18. The fraction of sp³-hybridized carbons (Fsp3) is 0.500. The molecule has 1 heterocycles. The van der Waals surface area contributed by atoms with Gasteiger partial charge in [0.1, 0.15) is 0 Å². The summed E-state index contributed by atoms with van der Waals surface area (Å²) >= 11 is 0. The molecule has 2 atom stereocenters. The van der Waals surface area contributed by atoms with Crippen LogP contribution in [0.15, 0.2) is 24.4 Å². The Kier molecular flexibility index (Phi) is 3.98. The number of rotatable bonds is 6. The molecule has 1 aliphatic rings. The van der Waals surface area contributed by atoms with E-state index in [0.717, 1.165) is 23.7 Å². The van der Waals surface area contributed by atoms with Crippen molar-refractivity contribution in [2.45, 2.75) is 32.1 Å². The van der Waals surface area contributed by atoms with Crippen molar-refractivity contribution in [3.63, 3.8) is 0 Å². The zero-order chi connectivity index (χ0) is 14.8. The van der Waals surface area contributed by atoms with Gasteiger partial charge in [-0.25, -0.2) is 4.85 Å². The average molecular weight is 281 g/mol. The second kappa shape index (κ2) is 5.91. The molecule has 2 unspecified atom stereocenters. The average Bonchev–Trinajstić information content (AvgIpc) is 3.15. The van der Waals surface area contributed by atoms with E-state index in [9.17, 15) is 0 Å². The molecule has 0 aliphatic heterocycles. The minimum absolute atomic E-state index is 0.701. The van der Waals surface area contributed by atoms with Crippen molar-refractivity contribution >= 4 is 16.6 Å². The first-order valence-electron chi connectivity index (χ1n) is 7.90. The molecule has 0 amide bonds. The van der Waals surface area contributed by atoms with Crippen molar-refractivity contribution in [3.8, 4) is 0 Å². The van der Waals surface area contributed by atoms with Crippen LogP contribution in [0.5, 0.6) is 0 Å². The largest absolute Gasteiger partial charge is 0.361 e. The van der Waals surface area contributed by atoms with Crippen LogP contribution < -0.4 is 0 Å². The third-order valence-corrected chi connectivity index (χ3v) is 4.80. The zero-order valence-electron chi connectivity index (χ0n) is 12.9. The van der Waals surface area contributed by atoms with Crippen LogP contribution in [0.2, 0.25) is 0 Å². The quantitative estimate of drug-likeness (QED) is 0.771. The van der Waals surface area contributed by atoms with Gasteiger partial charge in [0.25, 0.3) is 0 Å². The van der Waals surface area contributed by atoms with E-state index in [2.05, 4.69) is 34.9 Å². The van der Waals surface area contributed by atoms with Crippen LogP contribution in [0, 0.1) is 12.5 Å². The lowest BCUT2D eigenvalue weighted by Gasteiger charge is -2.12. The smallest absolute Gasteiger partial charge is 0.187 e. The molecular formula is C18H23N3. The molecule has 1 fully saturated rings. The number of benzene rings is 1. The van der Waals surface area contributed by atoms with Crippen molar-refractivity contribution < 1.29 is 0 Å². The number of nitrogens with one attached hydrogen (secondary N) is 1. The predicted molar refractivity (Wildman–Crippen MR) is 87.8 cm³/mol. The van der Waals surface area contributed by atoms with E-state index >= 15 is 0 Å². The van der Waals surface area contributed by atoms with Crippen molar-refractivity contribution in [3.05, 3.63) is 41.4 Å². The van der Waals surface area contributed by atoms with Crippen LogP contribution >= 0.6 is 0 Å². The molecule has 1 aromatic carbocycles. The Morgan fingerprint density at radius 1 is 1.43 bits per heavy atom. The molecule has 1 aromatic heterocycles. The summed E-state index contributed by atoms with van der Waals surface area (Å²) < 4.78 is 0. The predicted octanol–water partition coefficient (Wildman–Crippen LogP) is 4.55. The molecule has 2 aromatic rings. The van der Waals surface area contributed by atoms with Gasteiger partial charge in [-0.05, 0) is 74.3 Å². The van der Waals surface area contributed by atoms with E-state index in [4.69, 9.17) is 6.57 Å². The number of fused-ring (bicyclic) bond motifs is 1. The molecule has 1 N–H and O–H groups in total. The molecule has 3 rings (SSSR count). The molecule has 3 heteroatoms. The fourth-order valence-corrected chi connectivity index (χ4v) is 3.24. The molecule has 0 spiro atoms. The highest BCUT2D eigenvalue weighted by atomic mass is 15.1. The summed E-state index contributed by atoms with van der Waals surface area (Å²) in [5.41, 5.74) is 3.32. The Balaban J connectivity index is 1.65. The Morgan fingerprint density at radius 3 is 3.05 bits per heavy atom. The number of H-pyrrole nitrogens is 1. The third kappa shape index (κ3) is 2.96. The van der Waals surface area contributed by atoms with E-state index in [0.29, 0.717) is 5.92 Å². The molecule has 21 heavy (non-hydrogen) atoms. The van der Waals surface area contributed by atoms with Gasteiger partial charge in [0, 0.05) is 11.7 Å². The molecule has 0 bridgehead atoms. The monoisotopic (exact) mass is 281 g/mol. The summed E-state index contributed by atoms with van der Waals surface area (Å²) in [6.45, 7) is 11.7. The highest BCUT2D eigenvalue weighted by Gasteiger charge is 2.38. The molecular weight excluding hydrogens is 258 g/mol. The molecule has 3 nitrogen and oxygen atoms in total. The first-order chi connectivity index (χ1) is 10.2. The van der Waals surface area contributed by atoms with Crippen LogP contribution in [0.25, 0.3) is 15.7 Å². The number of aromatic amines is 1. The summed E-state index contributed by atoms with van der Waals surface area (Å²) in [6.07, 6.45) is 6.08. The minimum Gasteiger partial charge on any atom is -0.361 e. The van der Waals surface area contributed by atoms with E-state index in [1.165, 1.54) is 36.8 Å². The van der Waals surface area contributed by atoms with Crippen LogP contribution in [-0.2, 0) is 0 Å². The van der Waals surface area contributed by atoms with Gasteiger partial charge in [-0.2, -0.15) is 0 Å². The van der Waals surface area contributed by atoms with Crippen LogP contribution in [0.4, 0.5) is 5.69 Å². The zero-order valence-corrected chi connectivity index (χ0v) is 12.9. The maximum atomic E-state index is 7.16. The summed E-state index contributed by atoms with van der Waals surface area (Å²) in [6, 6.07) is 5.95. The van der Waals surface area contributed by atoms with E-state index in [1.807, 2.05) is 18.2 Å². The first kappa shape index (κ1) is 14.2. The van der Waals surface area contributed by atoms with Gasteiger partial charge >= 0.3 is 0 Å². The molecule has 110 valence electrons. The summed E-state index contributed by atoms with van der Waals surface area (Å²) in [5.74, 6) is 1.54. The third-order valence-electron chi connectivity index (χ3n) is 4.80. The number of aromatic nitrogens is 1. The molecule has 0 saturated heterocycles. The summed E-state index contributed by atoms with van der Waals surface area (Å²) in [7, 11) is 2.19. The van der Waals surface area contributed by atoms with Crippen molar-refractivity contribution in [1.82, 2.24) is 9.88 Å². The standard InChI is InChI=1S/C18H23N3/c1-4-21(3)9-5-6-13-10-15(13)17-12-20-18-8-7-14(19-2)11-16(17)18/h7-8,11-13,15,20H,4-6,9-10H2,1,3H3. The second-order valence-corrected chi connectivity index (χ2v) is 6.23. The lowest BCUT2D eigenvalue weighted by atomic mass is 10.1. The van der Waals surface area contributed by atoms with Gasteiger partial charge in [-0.3, -0.25) is 0 Å². The summed E-state index contributed by atoms with van der Waals surface area (Å²) in [4.78, 5) is 9.28. The Bertz CT molecular complexity index is 665. The maximum absolute atomic E-state index is 7.16. The van der Waals surface area contributed by atoms with Gasteiger partial charge < -0.3 is 9.88 Å². The summed E-state index contributed by atoms with van der Waals surface area (Å²) in [5, 5.41) is 1.25. The Morgan fingerprint density at radius 2 is 2.29 bits per heavy atom.